The van der Waals surface area contributed by atoms with Gasteiger partial charge in [0.1, 0.15) is 5.75 Å². The van der Waals surface area contributed by atoms with Crippen LogP contribution in [0.1, 0.15) is 39.2 Å². The Labute approximate surface area is 112 Å². The first-order valence-corrected chi connectivity index (χ1v) is 7.04. The maximum atomic E-state index is 5.75. The Hall–Kier alpha value is -1.02. The standard InChI is InChI=1S/C16H27NO/c1-5-13(2)12-18-16-10-8-15(9-11-16)7-6-14(3)17-4/h8-11,13-14,17H,5-7,12H2,1-4H3. The molecule has 102 valence electrons. The molecule has 0 amide bonds. The number of hydrogen-bond donors (Lipinski definition) is 1. The van der Waals surface area contributed by atoms with Gasteiger partial charge >= 0.3 is 0 Å². The van der Waals surface area contributed by atoms with E-state index in [1.165, 1.54) is 18.4 Å². The van der Waals surface area contributed by atoms with Gasteiger partial charge < -0.3 is 10.1 Å². The van der Waals surface area contributed by atoms with Crippen molar-refractivity contribution in [3.8, 4) is 5.75 Å². The van der Waals surface area contributed by atoms with Gasteiger partial charge in [-0.25, -0.2) is 0 Å². The summed E-state index contributed by atoms with van der Waals surface area (Å²) in [6.45, 7) is 7.43. The van der Waals surface area contributed by atoms with E-state index in [2.05, 4.69) is 50.4 Å². The first-order chi connectivity index (χ1) is 8.65. The highest BCUT2D eigenvalue weighted by Gasteiger charge is 2.02. The SMILES string of the molecule is CCC(C)COc1ccc(CCC(C)NC)cc1. The molecule has 1 N–H and O–H groups in total. The van der Waals surface area contributed by atoms with Crippen LogP contribution < -0.4 is 10.1 Å². The van der Waals surface area contributed by atoms with Crippen molar-refractivity contribution in [3.05, 3.63) is 29.8 Å². The van der Waals surface area contributed by atoms with Crippen molar-refractivity contribution < 1.29 is 4.74 Å². The van der Waals surface area contributed by atoms with Crippen LogP contribution in [0.4, 0.5) is 0 Å². The van der Waals surface area contributed by atoms with Crippen molar-refractivity contribution in [3.63, 3.8) is 0 Å². The maximum absolute atomic E-state index is 5.75. The largest absolute Gasteiger partial charge is 0.493 e. The van der Waals surface area contributed by atoms with Crippen LogP contribution in [0.25, 0.3) is 0 Å². The Morgan fingerprint density at radius 1 is 1.17 bits per heavy atom. The molecule has 0 spiro atoms. The van der Waals surface area contributed by atoms with Crippen LogP contribution in [0.2, 0.25) is 0 Å². The average Bonchev–Trinajstić information content (AvgIpc) is 2.43. The van der Waals surface area contributed by atoms with Crippen molar-refractivity contribution in [2.24, 2.45) is 5.92 Å². The predicted molar refractivity (Wildman–Crippen MR) is 78.2 cm³/mol. The number of ether oxygens (including phenoxy) is 1. The van der Waals surface area contributed by atoms with Gasteiger partial charge in [-0.05, 0) is 50.4 Å². The highest BCUT2D eigenvalue weighted by molar-refractivity contribution is 5.27. The average molecular weight is 249 g/mol. The van der Waals surface area contributed by atoms with Crippen LogP contribution in [0.3, 0.4) is 0 Å². The molecular formula is C16H27NO. The molecular weight excluding hydrogens is 222 g/mol. The van der Waals surface area contributed by atoms with E-state index < -0.39 is 0 Å². The molecule has 0 aliphatic heterocycles. The van der Waals surface area contributed by atoms with E-state index in [4.69, 9.17) is 4.74 Å². The van der Waals surface area contributed by atoms with Crippen molar-refractivity contribution >= 4 is 0 Å². The quantitative estimate of drug-likeness (QED) is 0.759. The molecule has 1 aromatic rings. The normalized spacial score (nSPS) is 14.2. The Bertz CT molecular complexity index is 287. The minimum Gasteiger partial charge on any atom is -0.493 e. The second-order valence-corrected chi connectivity index (χ2v) is 5.20. The smallest absolute Gasteiger partial charge is 0.119 e. The van der Waals surface area contributed by atoms with Gasteiger partial charge in [0.2, 0.25) is 0 Å². The van der Waals surface area contributed by atoms with E-state index in [9.17, 15) is 0 Å². The summed E-state index contributed by atoms with van der Waals surface area (Å²) in [5.41, 5.74) is 1.38. The topological polar surface area (TPSA) is 21.3 Å². The second kappa shape index (κ2) is 8.15. The number of aryl methyl sites for hydroxylation is 1. The molecule has 2 atom stereocenters. The summed E-state index contributed by atoms with van der Waals surface area (Å²) < 4.78 is 5.75. The van der Waals surface area contributed by atoms with E-state index >= 15 is 0 Å². The molecule has 0 aromatic heterocycles. The van der Waals surface area contributed by atoms with Gasteiger partial charge in [0.25, 0.3) is 0 Å². The summed E-state index contributed by atoms with van der Waals surface area (Å²) >= 11 is 0. The van der Waals surface area contributed by atoms with Crippen molar-refractivity contribution in [1.29, 1.82) is 0 Å². The minimum atomic E-state index is 0.575. The van der Waals surface area contributed by atoms with Gasteiger partial charge in [-0.15, -0.1) is 0 Å². The molecule has 1 rings (SSSR count). The van der Waals surface area contributed by atoms with Gasteiger partial charge in [0, 0.05) is 6.04 Å². The molecule has 2 unspecified atom stereocenters. The fourth-order valence-electron chi connectivity index (χ4n) is 1.64. The van der Waals surface area contributed by atoms with Gasteiger partial charge in [0.15, 0.2) is 0 Å². The summed E-state index contributed by atoms with van der Waals surface area (Å²) in [4.78, 5) is 0. The van der Waals surface area contributed by atoms with Crippen LogP contribution in [0.15, 0.2) is 24.3 Å². The summed E-state index contributed by atoms with van der Waals surface area (Å²) in [7, 11) is 2.01. The molecule has 0 saturated heterocycles. The van der Waals surface area contributed by atoms with E-state index in [0.29, 0.717) is 12.0 Å². The number of benzene rings is 1. The molecule has 0 saturated carbocycles. The first kappa shape index (κ1) is 15.0. The highest BCUT2D eigenvalue weighted by Crippen LogP contribution is 2.15. The highest BCUT2D eigenvalue weighted by atomic mass is 16.5. The molecule has 1 aromatic carbocycles. The van der Waals surface area contributed by atoms with Crippen LogP contribution in [0.5, 0.6) is 5.75 Å². The zero-order valence-electron chi connectivity index (χ0n) is 12.2. The van der Waals surface area contributed by atoms with E-state index in [-0.39, 0.29) is 0 Å². The molecule has 2 nitrogen and oxygen atoms in total. The Morgan fingerprint density at radius 2 is 1.83 bits per heavy atom. The Kier molecular flexibility index (Phi) is 6.81. The predicted octanol–water partition coefficient (Wildman–Crippen LogP) is 3.65. The lowest BCUT2D eigenvalue weighted by molar-refractivity contribution is 0.256. The summed E-state index contributed by atoms with van der Waals surface area (Å²) in [6.07, 6.45) is 3.46. The molecule has 0 aliphatic rings. The second-order valence-electron chi connectivity index (χ2n) is 5.20. The van der Waals surface area contributed by atoms with Gasteiger partial charge in [-0.3, -0.25) is 0 Å². The molecule has 0 fully saturated rings. The van der Waals surface area contributed by atoms with Gasteiger partial charge in [0.05, 0.1) is 6.61 Å². The summed E-state index contributed by atoms with van der Waals surface area (Å²) in [5.74, 6) is 1.61. The van der Waals surface area contributed by atoms with E-state index in [1.54, 1.807) is 0 Å². The third-order valence-corrected chi connectivity index (χ3v) is 3.51. The zero-order valence-corrected chi connectivity index (χ0v) is 12.2. The van der Waals surface area contributed by atoms with Crippen LogP contribution in [-0.4, -0.2) is 19.7 Å². The Morgan fingerprint density at radius 3 is 2.39 bits per heavy atom. The summed E-state index contributed by atoms with van der Waals surface area (Å²) in [5, 5.41) is 3.26. The van der Waals surface area contributed by atoms with Crippen molar-refractivity contribution in [1.82, 2.24) is 5.32 Å². The molecule has 0 radical (unpaired) electrons. The van der Waals surface area contributed by atoms with Crippen LogP contribution in [-0.2, 0) is 6.42 Å². The van der Waals surface area contributed by atoms with E-state index in [1.807, 2.05) is 7.05 Å². The van der Waals surface area contributed by atoms with Gasteiger partial charge in [-0.1, -0.05) is 32.4 Å². The van der Waals surface area contributed by atoms with E-state index in [0.717, 1.165) is 18.8 Å². The molecule has 0 heterocycles. The van der Waals surface area contributed by atoms with Crippen molar-refractivity contribution in [2.45, 2.75) is 46.1 Å². The molecule has 18 heavy (non-hydrogen) atoms. The third-order valence-electron chi connectivity index (χ3n) is 3.51. The summed E-state index contributed by atoms with van der Waals surface area (Å²) in [6, 6.07) is 9.10. The van der Waals surface area contributed by atoms with Crippen molar-refractivity contribution in [2.75, 3.05) is 13.7 Å². The lowest BCUT2D eigenvalue weighted by atomic mass is 10.1. The third kappa shape index (κ3) is 5.54. The minimum absolute atomic E-state index is 0.575. The maximum Gasteiger partial charge on any atom is 0.119 e. The molecule has 0 bridgehead atoms. The molecule has 0 aliphatic carbocycles. The lowest BCUT2D eigenvalue weighted by Crippen LogP contribution is -2.21. The molecule has 2 heteroatoms. The van der Waals surface area contributed by atoms with Crippen LogP contribution >= 0.6 is 0 Å². The fraction of sp³-hybridized carbons (Fsp3) is 0.625. The first-order valence-electron chi connectivity index (χ1n) is 7.04. The number of nitrogens with one attached hydrogen (secondary N) is 1. The van der Waals surface area contributed by atoms with Crippen LogP contribution in [0, 0.1) is 5.92 Å². The lowest BCUT2D eigenvalue weighted by Gasteiger charge is -2.12. The zero-order chi connectivity index (χ0) is 13.4. The fourth-order valence-corrected chi connectivity index (χ4v) is 1.64. The van der Waals surface area contributed by atoms with Gasteiger partial charge in [-0.2, -0.15) is 0 Å². The number of hydrogen-bond acceptors (Lipinski definition) is 2. The monoisotopic (exact) mass is 249 g/mol. The Balaban J connectivity index is 2.37. The number of rotatable bonds is 8.